The number of hydrogen-bond acceptors (Lipinski definition) is 6. The summed E-state index contributed by atoms with van der Waals surface area (Å²) in [5, 5.41) is 4.68. The van der Waals surface area contributed by atoms with Gasteiger partial charge in [-0.15, -0.1) is 0 Å². The number of pyridine rings is 1. The minimum atomic E-state index is -0.464. The van der Waals surface area contributed by atoms with Gasteiger partial charge >= 0.3 is 5.97 Å². The van der Waals surface area contributed by atoms with E-state index in [2.05, 4.69) is 10.1 Å². The van der Waals surface area contributed by atoms with Gasteiger partial charge in [-0.25, -0.2) is 4.98 Å². The highest BCUT2D eigenvalue weighted by Gasteiger charge is 2.13. The van der Waals surface area contributed by atoms with Crippen LogP contribution in [0.1, 0.15) is 11.4 Å². The number of carbonyl (C=O) groups is 1. The molecule has 0 spiro atoms. The molecular weight excluding hydrogens is 322 g/mol. The summed E-state index contributed by atoms with van der Waals surface area (Å²) in [5.41, 5.74) is 1.82. The van der Waals surface area contributed by atoms with Crippen LogP contribution < -0.4 is 5.56 Å². The molecule has 124 valence electrons. The molecule has 25 heavy (non-hydrogen) atoms. The number of rotatable bonds is 4. The van der Waals surface area contributed by atoms with Crippen molar-refractivity contribution in [3.05, 3.63) is 76.5 Å². The standard InChI is InChI=1S/C18H13N3O4/c22-17-9-12(19-16-7-3-4-8-21(16)17)11-24-18(23)10-14-13-5-1-2-6-15(13)25-20-14/h1-9H,10-11H2. The number of para-hydroxylation sites is 1. The highest BCUT2D eigenvalue weighted by molar-refractivity contribution is 5.84. The summed E-state index contributed by atoms with van der Waals surface area (Å²) in [6, 6.07) is 13.9. The van der Waals surface area contributed by atoms with Crippen LogP contribution in [0, 0.1) is 0 Å². The maximum atomic E-state index is 12.1. The number of aromatic nitrogens is 3. The van der Waals surface area contributed by atoms with Crippen molar-refractivity contribution in [1.29, 1.82) is 0 Å². The van der Waals surface area contributed by atoms with Crippen molar-refractivity contribution in [2.75, 3.05) is 0 Å². The van der Waals surface area contributed by atoms with E-state index in [0.717, 1.165) is 5.39 Å². The van der Waals surface area contributed by atoms with Gasteiger partial charge < -0.3 is 9.26 Å². The van der Waals surface area contributed by atoms with Gasteiger partial charge in [-0.2, -0.15) is 0 Å². The Hall–Kier alpha value is -3.48. The molecule has 0 fully saturated rings. The third kappa shape index (κ3) is 2.99. The second-order valence-corrected chi connectivity index (χ2v) is 5.48. The van der Waals surface area contributed by atoms with E-state index in [0.29, 0.717) is 22.6 Å². The maximum Gasteiger partial charge on any atom is 0.312 e. The van der Waals surface area contributed by atoms with Gasteiger partial charge in [0, 0.05) is 17.6 Å². The molecule has 3 aromatic heterocycles. The molecule has 7 heteroatoms. The summed E-state index contributed by atoms with van der Waals surface area (Å²) in [6.45, 7) is -0.0742. The van der Waals surface area contributed by atoms with Gasteiger partial charge in [-0.1, -0.05) is 23.4 Å². The first kappa shape index (κ1) is 15.1. The zero-order valence-corrected chi connectivity index (χ0v) is 13.1. The van der Waals surface area contributed by atoms with Crippen LogP contribution >= 0.6 is 0 Å². The van der Waals surface area contributed by atoms with Gasteiger partial charge in [-0.3, -0.25) is 14.0 Å². The Morgan fingerprint density at radius 3 is 2.92 bits per heavy atom. The molecule has 0 unspecified atom stereocenters. The lowest BCUT2D eigenvalue weighted by Gasteiger charge is -2.05. The summed E-state index contributed by atoms with van der Waals surface area (Å²) in [6.07, 6.45) is 1.62. The van der Waals surface area contributed by atoms with E-state index in [1.165, 1.54) is 10.5 Å². The lowest BCUT2D eigenvalue weighted by molar-refractivity contribution is -0.144. The van der Waals surface area contributed by atoms with Crippen LogP contribution in [0.15, 0.2) is 64.0 Å². The number of esters is 1. The Morgan fingerprint density at radius 2 is 2.00 bits per heavy atom. The first-order chi connectivity index (χ1) is 12.2. The minimum Gasteiger partial charge on any atom is -0.459 e. The quantitative estimate of drug-likeness (QED) is 0.531. The number of benzene rings is 1. The molecular formula is C18H13N3O4. The highest BCUT2D eigenvalue weighted by Crippen LogP contribution is 2.18. The molecule has 0 aliphatic rings. The topological polar surface area (TPSA) is 86.7 Å². The second kappa shape index (κ2) is 6.20. The van der Waals surface area contributed by atoms with Crippen molar-refractivity contribution in [2.24, 2.45) is 0 Å². The Kier molecular flexibility index (Phi) is 3.74. The first-order valence-electron chi connectivity index (χ1n) is 7.67. The summed E-state index contributed by atoms with van der Waals surface area (Å²) in [4.78, 5) is 28.4. The summed E-state index contributed by atoms with van der Waals surface area (Å²) in [5.74, 6) is -0.464. The normalized spacial score (nSPS) is 11.0. The van der Waals surface area contributed by atoms with Crippen LogP contribution in [-0.4, -0.2) is 20.5 Å². The zero-order valence-electron chi connectivity index (χ0n) is 13.1. The van der Waals surface area contributed by atoms with Crippen molar-refractivity contribution in [2.45, 2.75) is 13.0 Å². The van der Waals surface area contributed by atoms with Crippen LogP contribution in [0.25, 0.3) is 16.6 Å². The Morgan fingerprint density at radius 1 is 1.16 bits per heavy atom. The zero-order chi connectivity index (χ0) is 17.2. The molecule has 4 aromatic rings. The molecule has 1 aromatic carbocycles. The molecule has 7 nitrogen and oxygen atoms in total. The highest BCUT2D eigenvalue weighted by atomic mass is 16.5. The second-order valence-electron chi connectivity index (χ2n) is 5.48. The van der Waals surface area contributed by atoms with Crippen LogP contribution in [0.2, 0.25) is 0 Å². The lowest BCUT2D eigenvalue weighted by atomic mass is 10.2. The van der Waals surface area contributed by atoms with E-state index in [9.17, 15) is 9.59 Å². The number of carbonyl (C=O) groups excluding carboxylic acids is 1. The van der Waals surface area contributed by atoms with Gasteiger partial charge in [0.25, 0.3) is 5.56 Å². The van der Waals surface area contributed by atoms with E-state index in [4.69, 9.17) is 9.26 Å². The molecule has 0 bridgehead atoms. The average Bonchev–Trinajstić information content (AvgIpc) is 3.03. The molecule has 0 aliphatic carbocycles. The molecule has 3 heterocycles. The van der Waals surface area contributed by atoms with Crippen LogP contribution in [0.4, 0.5) is 0 Å². The lowest BCUT2D eigenvalue weighted by Crippen LogP contribution is -2.16. The molecule has 0 saturated heterocycles. The molecule has 0 radical (unpaired) electrons. The molecule has 0 atom stereocenters. The van der Waals surface area contributed by atoms with Crippen molar-refractivity contribution in [3.8, 4) is 0 Å². The third-order valence-electron chi connectivity index (χ3n) is 3.77. The van der Waals surface area contributed by atoms with Crippen LogP contribution in [0.3, 0.4) is 0 Å². The van der Waals surface area contributed by atoms with Gasteiger partial charge in [-0.05, 0) is 24.3 Å². The van der Waals surface area contributed by atoms with E-state index in [-0.39, 0.29) is 18.6 Å². The Labute approximate surface area is 141 Å². The number of fused-ring (bicyclic) bond motifs is 2. The number of nitrogens with zero attached hydrogens (tertiary/aromatic N) is 3. The smallest absolute Gasteiger partial charge is 0.312 e. The summed E-state index contributed by atoms with van der Waals surface area (Å²) < 4.78 is 11.8. The van der Waals surface area contributed by atoms with Crippen LogP contribution in [-0.2, 0) is 22.6 Å². The van der Waals surface area contributed by atoms with Crippen molar-refractivity contribution >= 4 is 22.6 Å². The largest absolute Gasteiger partial charge is 0.459 e. The van der Waals surface area contributed by atoms with E-state index in [1.807, 2.05) is 18.2 Å². The maximum absolute atomic E-state index is 12.1. The number of ether oxygens (including phenoxy) is 1. The van der Waals surface area contributed by atoms with Gasteiger partial charge in [0.1, 0.15) is 17.9 Å². The van der Waals surface area contributed by atoms with Crippen LogP contribution in [0.5, 0.6) is 0 Å². The van der Waals surface area contributed by atoms with Crippen molar-refractivity contribution in [3.63, 3.8) is 0 Å². The van der Waals surface area contributed by atoms with Gasteiger partial charge in [0.2, 0.25) is 0 Å². The number of hydrogen-bond donors (Lipinski definition) is 0. The summed E-state index contributed by atoms with van der Waals surface area (Å²) in [7, 11) is 0. The molecule has 0 aliphatic heterocycles. The van der Waals surface area contributed by atoms with E-state index < -0.39 is 5.97 Å². The van der Waals surface area contributed by atoms with Crippen molar-refractivity contribution in [1.82, 2.24) is 14.5 Å². The fraction of sp³-hybridized carbons (Fsp3) is 0.111. The minimum absolute atomic E-state index is 0.0103. The SMILES string of the molecule is O=C(Cc1noc2ccccc12)OCc1cc(=O)n2ccccc2n1. The third-order valence-corrected chi connectivity index (χ3v) is 3.77. The first-order valence-corrected chi connectivity index (χ1v) is 7.67. The Balaban J connectivity index is 1.48. The fourth-order valence-electron chi connectivity index (χ4n) is 2.58. The molecule has 4 rings (SSSR count). The average molecular weight is 335 g/mol. The van der Waals surface area contributed by atoms with Gasteiger partial charge in [0.05, 0.1) is 12.1 Å². The molecule has 0 saturated carbocycles. The predicted molar refractivity (Wildman–Crippen MR) is 89.0 cm³/mol. The van der Waals surface area contributed by atoms with Gasteiger partial charge in [0.15, 0.2) is 5.58 Å². The van der Waals surface area contributed by atoms with E-state index >= 15 is 0 Å². The monoisotopic (exact) mass is 335 g/mol. The summed E-state index contributed by atoms with van der Waals surface area (Å²) >= 11 is 0. The molecule has 0 amide bonds. The predicted octanol–water partition coefficient (Wildman–Crippen LogP) is 2.12. The Bertz CT molecular complexity index is 1130. The fourth-order valence-corrected chi connectivity index (χ4v) is 2.58. The van der Waals surface area contributed by atoms with Crippen molar-refractivity contribution < 1.29 is 14.1 Å². The molecule has 0 N–H and O–H groups in total. The van der Waals surface area contributed by atoms with E-state index in [1.54, 1.807) is 30.5 Å².